The van der Waals surface area contributed by atoms with Gasteiger partial charge in [0.1, 0.15) is 12.4 Å². The number of para-hydroxylation sites is 2. The summed E-state index contributed by atoms with van der Waals surface area (Å²) >= 11 is 0. The molecule has 0 atom stereocenters. The first-order valence-electron chi connectivity index (χ1n) is 5.74. The number of amides is 1. The summed E-state index contributed by atoms with van der Waals surface area (Å²) in [4.78, 5) is 14.3. The lowest BCUT2D eigenvalue weighted by atomic mass is 10.2. The molecule has 0 aliphatic heterocycles. The van der Waals surface area contributed by atoms with Crippen LogP contribution in [-0.4, -0.2) is 19.1 Å². The molecule has 0 spiro atoms. The Labute approximate surface area is 111 Å². The molecule has 0 heterocycles. The van der Waals surface area contributed by atoms with Gasteiger partial charge < -0.3 is 10.1 Å². The van der Waals surface area contributed by atoms with Gasteiger partial charge in [-0.05, 0) is 24.1 Å². The fourth-order valence-corrected chi connectivity index (χ4v) is 1.38. The standard InChI is InChI=1S/C13H14N4O2/c1-2-10-19-12-7-4-3-6-11(12)16-13(18)8-5-9-15-17-14/h1,3-4,6-7H,5,8-10H2,(H,16,18). The second-order valence-electron chi connectivity index (χ2n) is 3.60. The highest BCUT2D eigenvalue weighted by molar-refractivity contribution is 5.92. The second kappa shape index (κ2) is 8.45. The molecule has 98 valence electrons. The van der Waals surface area contributed by atoms with Crippen LogP contribution in [0.3, 0.4) is 0 Å². The zero-order chi connectivity index (χ0) is 13.9. The third-order valence-electron chi connectivity index (χ3n) is 2.20. The Hall–Kier alpha value is -2.64. The fraction of sp³-hybridized carbons (Fsp3) is 0.308. The molecule has 0 aliphatic rings. The van der Waals surface area contributed by atoms with Gasteiger partial charge in [-0.3, -0.25) is 4.79 Å². The zero-order valence-corrected chi connectivity index (χ0v) is 10.4. The summed E-state index contributed by atoms with van der Waals surface area (Å²) in [5, 5.41) is 6.09. The third-order valence-corrected chi connectivity index (χ3v) is 2.20. The van der Waals surface area contributed by atoms with Crippen LogP contribution in [0.25, 0.3) is 10.4 Å². The minimum absolute atomic E-state index is 0.143. The molecule has 1 amide bonds. The number of hydrogen-bond donors (Lipinski definition) is 1. The number of ether oxygens (including phenoxy) is 1. The molecule has 1 aromatic carbocycles. The van der Waals surface area contributed by atoms with Crippen LogP contribution in [0.5, 0.6) is 5.75 Å². The van der Waals surface area contributed by atoms with Crippen molar-refractivity contribution in [3.05, 3.63) is 34.7 Å². The number of nitrogens with one attached hydrogen (secondary N) is 1. The van der Waals surface area contributed by atoms with E-state index in [0.717, 1.165) is 0 Å². The summed E-state index contributed by atoms with van der Waals surface area (Å²) in [6.07, 6.45) is 5.90. The van der Waals surface area contributed by atoms with Crippen molar-refractivity contribution in [3.8, 4) is 18.1 Å². The van der Waals surface area contributed by atoms with Crippen LogP contribution in [0.15, 0.2) is 29.4 Å². The second-order valence-corrected chi connectivity index (χ2v) is 3.60. The van der Waals surface area contributed by atoms with Gasteiger partial charge in [0.15, 0.2) is 0 Å². The summed E-state index contributed by atoms with van der Waals surface area (Å²) < 4.78 is 5.31. The maximum absolute atomic E-state index is 11.7. The minimum atomic E-state index is -0.162. The van der Waals surface area contributed by atoms with Crippen LogP contribution in [0.1, 0.15) is 12.8 Å². The Kier molecular flexibility index (Phi) is 6.41. The number of benzene rings is 1. The average Bonchev–Trinajstić information content (AvgIpc) is 2.43. The highest BCUT2D eigenvalue weighted by Gasteiger charge is 2.06. The number of azide groups is 1. The monoisotopic (exact) mass is 258 g/mol. The molecule has 0 fully saturated rings. The van der Waals surface area contributed by atoms with Gasteiger partial charge >= 0.3 is 0 Å². The SMILES string of the molecule is C#CCOc1ccccc1NC(=O)CCCN=[N+]=[N-]. The Bertz CT molecular complexity index is 516. The predicted octanol–water partition coefficient (Wildman–Crippen LogP) is 2.73. The summed E-state index contributed by atoms with van der Waals surface area (Å²) in [7, 11) is 0. The van der Waals surface area contributed by atoms with Gasteiger partial charge in [-0.15, -0.1) is 6.42 Å². The molecule has 1 aromatic rings. The minimum Gasteiger partial charge on any atom is -0.479 e. The maximum atomic E-state index is 11.7. The van der Waals surface area contributed by atoms with Gasteiger partial charge in [-0.1, -0.05) is 23.2 Å². The molecule has 0 saturated heterocycles. The van der Waals surface area contributed by atoms with E-state index in [0.29, 0.717) is 24.4 Å². The number of hydrogen-bond acceptors (Lipinski definition) is 3. The average molecular weight is 258 g/mol. The Morgan fingerprint density at radius 3 is 3.05 bits per heavy atom. The van der Waals surface area contributed by atoms with Gasteiger partial charge in [-0.2, -0.15) is 0 Å². The largest absolute Gasteiger partial charge is 0.479 e. The normalized spacial score (nSPS) is 9.00. The van der Waals surface area contributed by atoms with E-state index >= 15 is 0 Å². The van der Waals surface area contributed by atoms with Crippen LogP contribution in [0.4, 0.5) is 5.69 Å². The Balaban J connectivity index is 2.53. The van der Waals surface area contributed by atoms with E-state index in [2.05, 4.69) is 21.3 Å². The van der Waals surface area contributed by atoms with E-state index in [1.54, 1.807) is 24.3 Å². The zero-order valence-electron chi connectivity index (χ0n) is 10.4. The quantitative estimate of drug-likeness (QED) is 0.268. The van der Waals surface area contributed by atoms with Crippen molar-refractivity contribution < 1.29 is 9.53 Å². The molecule has 0 aliphatic carbocycles. The van der Waals surface area contributed by atoms with E-state index in [1.807, 2.05) is 0 Å². The summed E-state index contributed by atoms with van der Waals surface area (Å²) in [5.74, 6) is 2.73. The van der Waals surface area contributed by atoms with E-state index < -0.39 is 0 Å². The molecule has 0 saturated carbocycles. The van der Waals surface area contributed by atoms with Crippen LogP contribution in [-0.2, 0) is 4.79 Å². The smallest absolute Gasteiger partial charge is 0.224 e. The molecular weight excluding hydrogens is 244 g/mol. The fourth-order valence-electron chi connectivity index (χ4n) is 1.38. The van der Waals surface area contributed by atoms with Crippen molar-refractivity contribution in [1.82, 2.24) is 0 Å². The van der Waals surface area contributed by atoms with E-state index in [-0.39, 0.29) is 18.9 Å². The topological polar surface area (TPSA) is 87.1 Å². The molecule has 0 unspecified atom stereocenters. The van der Waals surface area contributed by atoms with E-state index in [1.165, 1.54) is 0 Å². The van der Waals surface area contributed by atoms with Crippen LogP contribution in [0, 0.1) is 12.3 Å². The maximum Gasteiger partial charge on any atom is 0.224 e. The molecule has 19 heavy (non-hydrogen) atoms. The van der Waals surface area contributed by atoms with Crippen molar-refractivity contribution in [1.29, 1.82) is 0 Å². The molecule has 1 N–H and O–H groups in total. The molecule has 6 heteroatoms. The van der Waals surface area contributed by atoms with Gasteiger partial charge in [-0.25, -0.2) is 0 Å². The lowest BCUT2D eigenvalue weighted by Crippen LogP contribution is -2.12. The first-order chi connectivity index (χ1) is 9.27. The van der Waals surface area contributed by atoms with Crippen LogP contribution >= 0.6 is 0 Å². The number of anilines is 1. The molecule has 0 aromatic heterocycles. The van der Waals surface area contributed by atoms with E-state index in [4.69, 9.17) is 16.7 Å². The van der Waals surface area contributed by atoms with Crippen molar-refractivity contribution in [2.75, 3.05) is 18.5 Å². The molecule has 6 nitrogen and oxygen atoms in total. The third kappa shape index (κ3) is 5.48. The number of carbonyl (C=O) groups excluding carboxylic acids is 1. The number of carbonyl (C=O) groups is 1. The summed E-state index contributed by atoms with van der Waals surface area (Å²) in [6, 6.07) is 7.05. The predicted molar refractivity (Wildman–Crippen MR) is 72.6 cm³/mol. The van der Waals surface area contributed by atoms with Crippen LogP contribution < -0.4 is 10.1 Å². The number of nitrogens with zero attached hydrogens (tertiary/aromatic N) is 3. The van der Waals surface area contributed by atoms with Gasteiger partial charge in [0.05, 0.1) is 5.69 Å². The Morgan fingerprint density at radius 2 is 2.32 bits per heavy atom. The highest BCUT2D eigenvalue weighted by atomic mass is 16.5. The van der Waals surface area contributed by atoms with E-state index in [9.17, 15) is 4.79 Å². The molecule has 0 bridgehead atoms. The molecule has 1 rings (SSSR count). The van der Waals surface area contributed by atoms with Crippen molar-refractivity contribution >= 4 is 11.6 Å². The first kappa shape index (κ1) is 14.4. The van der Waals surface area contributed by atoms with Crippen molar-refractivity contribution in [2.24, 2.45) is 5.11 Å². The highest BCUT2D eigenvalue weighted by Crippen LogP contribution is 2.23. The van der Waals surface area contributed by atoms with Crippen molar-refractivity contribution in [3.63, 3.8) is 0 Å². The molecule has 0 radical (unpaired) electrons. The number of rotatable bonds is 7. The first-order valence-corrected chi connectivity index (χ1v) is 5.74. The lowest BCUT2D eigenvalue weighted by Gasteiger charge is -2.10. The van der Waals surface area contributed by atoms with Gasteiger partial charge in [0.2, 0.25) is 5.91 Å². The Morgan fingerprint density at radius 1 is 1.53 bits per heavy atom. The van der Waals surface area contributed by atoms with Crippen LogP contribution in [0.2, 0.25) is 0 Å². The van der Waals surface area contributed by atoms with Gasteiger partial charge in [0.25, 0.3) is 0 Å². The number of terminal acetylenes is 1. The summed E-state index contributed by atoms with van der Waals surface area (Å²) in [5.41, 5.74) is 8.69. The summed E-state index contributed by atoms with van der Waals surface area (Å²) in [6.45, 7) is 0.447. The van der Waals surface area contributed by atoms with Gasteiger partial charge in [0, 0.05) is 17.9 Å². The molecular formula is C13H14N4O2. The van der Waals surface area contributed by atoms with Crippen molar-refractivity contribution in [2.45, 2.75) is 12.8 Å². The lowest BCUT2D eigenvalue weighted by molar-refractivity contribution is -0.116.